The average molecular weight is 383 g/mol. The molecule has 5 rings (SSSR count). The third kappa shape index (κ3) is 3.45. The molecule has 3 aliphatic rings. The summed E-state index contributed by atoms with van der Waals surface area (Å²) in [5, 5.41) is 0. The highest BCUT2D eigenvalue weighted by atomic mass is 15.4. The Labute approximate surface area is 169 Å². The predicted octanol–water partition coefficient (Wildman–Crippen LogP) is 3.57. The number of rotatable bonds is 2. The molecule has 144 valence electrons. The Morgan fingerprint density at radius 1 is 0.690 bits per heavy atom. The first-order valence-electron chi connectivity index (χ1n) is 9.42. The van der Waals surface area contributed by atoms with Crippen molar-refractivity contribution in [2.45, 2.75) is 13.8 Å². The Hall–Kier alpha value is -4.00. The minimum Gasteiger partial charge on any atom is -0.399 e. The summed E-state index contributed by atoms with van der Waals surface area (Å²) in [6.07, 6.45) is 5.74. The van der Waals surface area contributed by atoms with Gasteiger partial charge in [0.05, 0.1) is 0 Å². The maximum atomic E-state index is 5.79. The number of benzene rings is 2. The van der Waals surface area contributed by atoms with Crippen LogP contribution in [0.2, 0.25) is 0 Å². The number of anilines is 2. The molecule has 0 saturated carbocycles. The third-order valence-electron chi connectivity index (χ3n) is 4.34. The van der Waals surface area contributed by atoms with Crippen LogP contribution in [0, 0.1) is 0 Å². The molecule has 0 spiro atoms. The molecule has 2 aromatic carbocycles. The van der Waals surface area contributed by atoms with Gasteiger partial charge in [-0.15, -0.1) is 0 Å². The number of aliphatic imine (C=N–C) groups is 4. The van der Waals surface area contributed by atoms with Crippen molar-refractivity contribution in [2.75, 3.05) is 11.5 Å². The van der Waals surface area contributed by atoms with Crippen LogP contribution in [-0.4, -0.2) is 28.4 Å². The zero-order valence-corrected chi connectivity index (χ0v) is 16.2. The lowest BCUT2D eigenvalue weighted by molar-refractivity contribution is 0.711. The fourth-order valence-corrected chi connectivity index (χ4v) is 2.97. The Morgan fingerprint density at radius 3 is 1.83 bits per heavy atom. The zero-order chi connectivity index (χ0) is 20.4. The highest BCUT2D eigenvalue weighted by Gasteiger charge is 2.31. The molecule has 0 atom stereocenters. The van der Waals surface area contributed by atoms with Crippen LogP contribution in [0.5, 0.6) is 0 Å². The highest BCUT2D eigenvalue weighted by molar-refractivity contribution is 6.25. The normalized spacial score (nSPS) is 16.3. The average Bonchev–Trinajstić information content (AvgIpc) is 2.76. The van der Waals surface area contributed by atoms with Crippen LogP contribution in [0.1, 0.15) is 25.0 Å². The molecule has 0 fully saturated rings. The van der Waals surface area contributed by atoms with Crippen LogP contribution in [-0.2, 0) is 0 Å². The van der Waals surface area contributed by atoms with Crippen LogP contribution < -0.4 is 11.5 Å². The van der Waals surface area contributed by atoms with E-state index in [1.807, 2.05) is 85.5 Å². The van der Waals surface area contributed by atoms with Crippen LogP contribution in [0.3, 0.4) is 0 Å². The summed E-state index contributed by atoms with van der Waals surface area (Å²) in [5.41, 5.74) is 14.7. The molecule has 29 heavy (non-hydrogen) atoms. The second-order valence-electron chi connectivity index (χ2n) is 6.22. The number of hydrogen-bond acceptors (Lipinski definition) is 7. The van der Waals surface area contributed by atoms with Crippen molar-refractivity contribution in [1.29, 1.82) is 0 Å². The summed E-state index contributed by atoms with van der Waals surface area (Å²) in [6.45, 7) is 4.00. The van der Waals surface area contributed by atoms with E-state index in [0.29, 0.717) is 29.0 Å². The second-order valence-corrected chi connectivity index (χ2v) is 6.22. The van der Waals surface area contributed by atoms with E-state index < -0.39 is 0 Å². The predicted molar refractivity (Wildman–Crippen MR) is 120 cm³/mol. The zero-order valence-electron chi connectivity index (χ0n) is 16.2. The maximum Gasteiger partial charge on any atom is 0.241 e. The first kappa shape index (κ1) is 18.4. The molecule has 2 aromatic rings. The van der Waals surface area contributed by atoms with Crippen LogP contribution in [0.4, 0.5) is 11.4 Å². The lowest BCUT2D eigenvalue weighted by Crippen LogP contribution is -2.41. The Kier molecular flexibility index (Phi) is 4.78. The molecule has 0 radical (unpaired) electrons. The van der Waals surface area contributed by atoms with Crippen LogP contribution in [0.15, 0.2) is 92.5 Å². The molecule has 4 N–H and O–H groups in total. The van der Waals surface area contributed by atoms with Crippen molar-refractivity contribution in [3.63, 3.8) is 0 Å². The van der Waals surface area contributed by atoms with Crippen molar-refractivity contribution < 1.29 is 0 Å². The topological polar surface area (TPSA) is 105 Å². The van der Waals surface area contributed by atoms with Gasteiger partial charge in [-0.2, -0.15) is 9.98 Å². The molecule has 3 aliphatic heterocycles. The lowest BCUT2D eigenvalue weighted by atomic mass is 10.1. The van der Waals surface area contributed by atoms with E-state index in [-0.39, 0.29) is 0 Å². The number of hydrogen-bond donors (Lipinski definition) is 2. The number of allylic oxidation sites excluding steroid dienone is 2. The van der Waals surface area contributed by atoms with Gasteiger partial charge < -0.3 is 11.5 Å². The van der Waals surface area contributed by atoms with Gasteiger partial charge in [-0.1, -0.05) is 19.9 Å². The van der Waals surface area contributed by atoms with E-state index >= 15 is 0 Å². The third-order valence-corrected chi connectivity index (χ3v) is 4.34. The molecule has 0 amide bonds. The fourth-order valence-electron chi connectivity index (χ4n) is 2.97. The van der Waals surface area contributed by atoms with Gasteiger partial charge in [0, 0.05) is 22.5 Å². The highest BCUT2D eigenvalue weighted by Crippen LogP contribution is 2.25. The number of nitrogens with zero attached hydrogens (tertiary/aromatic N) is 5. The van der Waals surface area contributed by atoms with Gasteiger partial charge in [0.15, 0.2) is 11.7 Å². The smallest absolute Gasteiger partial charge is 0.241 e. The summed E-state index contributed by atoms with van der Waals surface area (Å²) in [5.74, 6) is 3.17. The summed E-state index contributed by atoms with van der Waals surface area (Å²) >= 11 is 0. The van der Waals surface area contributed by atoms with Gasteiger partial charge in [0.2, 0.25) is 5.96 Å². The van der Waals surface area contributed by atoms with Crippen molar-refractivity contribution >= 4 is 34.8 Å². The molecule has 0 saturated heterocycles. The van der Waals surface area contributed by atoms with Crippen molar-refractivity contribution in [3.8, 4) is 0 Å². The number of amidine groups is 3. The van der Waals surface area contributed by atoms with E-state index in [4.69, 9.17) is 11.5 Å². The maximum absolute atomic E-state index is 5.79. The first-order chi connectivity index (χ1) is 14.2. The van der Waals surface area contributed by atoms with E-state index in [0.717, 1.165) is 22.8 Å². The standard InChI is InChI=1S/C20H15N7.C2H6/c21-14-8-4-12(5-9-14)18-23-16-2-1-3-17-24-19(26-20(25-18)27(16)17)13-6-10-15(22)11-7-13;1-2/h1-11H,21-22H2;1-2H3. The van der Waals surface area contributed by atoms with E-state index in [2.05, 4.69) is 20.0 Å². The summed E-state index contributed by atoms with van der Waals surface area (Å²) < 4.78 is 0. The van der Waals surface area contributed by atoms with E-state index in [1.54, 1.807) is 0 Å². The minimum absolute atomic E-state index is 0.532. The van der Waals surface area contributed by atoms with Crippen molar-refractivity contribution in [1.82, 2.24) is 4.90 Å². The molecule has 7 nitrogen and oxygen atoms in total. The molecule has 3 heterocycles. The van der Waals surface area contributed by atoms with Crippen molar-refractivity contribution in [2.24, 2.45) is 20.0 Å². The van der Waals surface area contributed by atoms with Gasteiger partial charge >= 0.3 is 0 Å². The van der Waals surface area contributed by atoms with E-state index in [9.17, 15) is 0 Å². The summed E-state index contributed by atoms with van der Waals surface area (Å²) in [7, 11) is 0. The largest absolute Gasteiger partial charge is 0.399 e. The molecule has 0 bridgehead atoms. The van der Waals surface area contributed by atoms with Crippen LogP contribution in [0.25, 0.3) is 0 Å². The molecule has 0 aromatic heterocycles. The summed E-state index contributed by atoms with van der Waals surface area (Å²) in [6, 6.07) is 14.9. The van der Waals surface area contributed by atoms with Gasteiger partial charge in [-0.3, -0.25) is 0 Å². The lowest BCUT2D eigenvalue weighted by Gasteiger charge is -2.31. The Balaban J connectivity index is 0.000000994. The van der Waals surface area contributed by atoms with Crippen molar-refractivity contribution in [3.05, 3.63) is 83.7 Å². The van der Waals surface area contributed by atoms with Crippen LogP contribution >= 0.6 is 0 Å². The fraction of sp³-hybridized carbons (Fsp3) is 0.0909. The number of nitrogens with two attached hydrogens (primary N) is 2. The van der Waals surface area contributed by atoms with Gasteiger partial charge in [0.25, 0.3) is 0 Å². The second kappa shape index (κ2) is 7.55. The summed E-state index contributed by atoms with van der Waals surface area (Å²) in [4.78, 5) is 20.5. The Bertz CT molecular complexity index is 1070. The molecular formula is C22H21N7. The molecule has 0 unspecified atom stereocenters. The Morgan fingerprint density at radius 2 is 1.24 bits per heavy atom. The number of nitrogen functional groups attached to an aromatic ring is 2. The molecule has 7 heteroatoms. The van der Waals surface area contributed by atoms with Gasteiger partial charge in [0.1, 0.15) is 11.7 Å². The minimum atomic E-state index is 0.532. The van der Waals surface area contributed by atoms with Gasteiger partial charge in [-0.05, 0) is 60.7 Å². The van der Waals surface area contributed by atoms with E-state index in [1.165, 1.54) is 0 Å². The number of guanidine groups is 1. The molecular weight excluding hydrogens is 362 g/mol. The SMILES string of the molecule is CC.Nc1ccc(C2=NC3=CC=CC4=NC(c5ccc(N)cc5)=NC(=N2)N34)cc1. The monoisotopic (exact) mass is 383 g/mol. The quantitative estimate of drug-likeness (QED) is 0.775. The first-order valence-corrected chi connectivity index (χ1v) is 9.42. The molecule has 0 aliphatic carbocycles. The van der Waals surface area contributed by atoms with Gasteiger partial charge in [-0.25, -0.2) is 14.9 Å².